The third-order valence-electron chi connectivity index (χ3n) is 7.96. The zero-order chi connectivity index (χ0) is 25.3. The van der Waals surface area contributed by atoms with Crippen LogP contribution in [0.2, 0.25) is 0 Å². The van der Waals surface area contributed by atoms with E-state index in [1.54, 1.807) is 12.1 Å². The minimum Gasteiger partial charge on any atom is -0.508 e. The van der Waals surface area contributed by atoms with Gasteiger partial charge in [-0.2, -0.15) is 0 Å². The second-order valence-corrected chi connectivity index (χ2v) is 10.6. The Morgan fingerprint density at radius 1 is 0.784 bits per heavy atom. The van der Waals surface area contributed by atoms with Crippen LogP contribution in [0, 0.1) is 0 Å². The molecule has 1 N–H and O–H groups in total. The smallest absolute Gasteiger partial charge is 0.126 e. The standard InChI is InChI=1S/C33H41NO3/c35-28-16-19-30-32(24-28)37-25-31(26-12-6-5-7-13-26)33(30)27-14-17-29(18-15-27)36-23-11-4-2-1-3-8-20-34-21-9-10-22-34/h5-7,12-19,24,31,33,35H,1-4,8-11,20-23,25H2. The Bertz CT molecular complexity index is 1090. The molecule has 2 aliphatic heterocycles. The lowest BCUT2D eigenvalue weighted by Crippen LogP contribution is -2.25. The van der Waals surface area contributed by atoms with Gasteiger partial charge >= 0.3 is 0 Å². The van der Waals surface area contributed by atoms with E-state index < -0.39 is 0 Å². The van der Waals surface area contributed by atoms with E-state index in [1.807, 2.05) is 6.07 Å². The molecule has 2 heterocycles. The molecule has 0 saturated carbocycles. The highest BCUT2D eigenvalue weighted by Crippen LogP contribution is 2.47. The van der Waals surface area contributed by atoms with Gasteiger partial charge < -0.3 is 19.5 Å². The van der Waals surface area contributed by atoms with Gasteiger partial charge in [-0.15, -0.1) is 0 Å². The van der Waals surface area contributed by atoms with Gasteiger partial charge in [-0.25, -0.2) is 0 Å². The SMILES string of the molecule is Oc1ccc2c(c1)OCC(c1ccccc1)C2c1ccc(OCCCCCCCCN2CCCC2)cc1. The number of rotatable bonds is 12. The summed E-state index contributed by atoms with van der Waals surface area (Å²) < 4.78 is 12.2. The fourth-order valence-corrected chi connectivity index (χ4v) is 5.91. The summed E-state index contributed by atoms with van der Waals surface area (Å²) in [5.74, 6) is 2.31. The summed E-state index contributed by atoms with van der Waals surface area (Å²) in [4.78, 5) is 2.62. The number of aromatic hydroxyl groups is 1. The van der Waals surface area contributed by atoms with Crippen molar-refractivity contribution in [1.29, 1.82) is 0 Å². The monoisotopic (exact) mass is 499 g/mol. The van der Waals surface area contributed by atoms with Crippen molar-refractivity contribution in [1.82, 2.24) is 4.90 Å². The molecule has 2 aliphatic rings. The summed E-state index contributed by atoms with van der Waals surface area (Å²) in [7, 11) is 0. The Hall–Kier alpha value is -2.98. The van der Waals surface area contributed by atoms with Gasteiger partial charge in [0.05, 0.1) is 13.2 Å². The molecule has 4 nitrogen and oxygen atoms in total. The van der Waals surface area contributed by atoms with Gasteiger partial charge in [0.15, 0.2) is 0 Å². The van der Waals surface area contributed by atoms with E-state index in [2.05, 4.69) is 59.5 Å². The highest BCUT2D eigenvalue weighted by molar-refractivity contribution is 5.50. The first-order chi connectivity index (χ1) is 18.3. The maximum Gasteiger partial charge on any atom is 0.126 e. The number of hydrogen-bond acceptors (Lipinski definition) is 4. The molecule has 37 heavy (non-hydrogen) atoms. The van der Waals surface area contributed by atoms with Crippen molar-refractivity contribution in [3.63, 3.8) is 0 Å². The minimum absolute atomic E-state index is 0.159. The second-order valence-electron chi connectivity index (χ2n) is 10.6. The maximum absolute atomic E-state index is 9.98. The lowest BCUT2D eigenvalue weighted by molar-refractivity contribution is 0.247. The van der Waals surface area contributed by atoms with Crippen LogP contribution in [-0.2, 0) is 0 Å². The van der Waals surface area contributed by atoms with Crippen molar-refractivity contribution in [2.24, 2.45) is 0 Å². The van der Waals surface area contributed by atoms with Crippen LogP contribution in [0.25, 0.3) is 0 Å². The first-order valence-electron chi connectivity index (χ1n) is 14.2. The predicted molar refractivity (Wildman–Crippen MR) is 150 cm³/mol. The summed E-state index contributed by atoms with van der Waals surface area (Å²) in [5, 5.41) is 9.98. The molecule has 0 amide bonds. The molecule has 1 fully saturated rings. The Labute approximate surface area is 222 Å². The quantitative estimate of drug-likeness (QED) is 0.262. The number of hydrogen-bond donors (Lipinski definition) is 1. The van der Waals surface area contributed by atoms with Crippen LogP contribution in [0.5, 0.6) is 17.2 Å². The molecule has 0 bridgehead atoms. The van der Waals surface area contributed by atoms with Crippen molar-refractivity contribution < 1.29 is 14.6 Å². The molecule has 3 aromatic carbocycles. The zero-order valence-electron chi connectivity index (χ0n) is 22.0. The molecule has 0 spiro atoms. The predicted octanol–water partition coefficient (Wildman–Crippen LogP) is 7.52. The lowest BCUT2D eigenvalue weighted by Gasteiger charge is -2.34. The van der Waals surface area contributed by atoms with Gasteiger partial charge in [-0.1, -0.05) is 74.2 Å². The van der Waals surface area contributed by atoms with Crippen LogP contribution in [0.3, 0.4) is 0 Å². The summed E-state index contributed by atoms with van der Waals surface area (Å²) in [6, 6.07) is 24.7. The zero-order valence-corrected chi connectivity index (χ0v) is 22.0. The second kappa shape index (κ2) is 13.0. The number of unbranched alkanes of at least 4 members (excludes halogenated alkanes) is 5. The molecule has 196 valence electrons. The fraction of sp³-hybridized carbons (Fsp3) is 0.455. The number of likely N-dealkylation sites (tertiary alicyclic amines) is 1. The van der Waals surface area contributed by atoms with E-state index >= 15 is 0 Å². The van der Waals surface area contributed by atoms with Gasteiger partial charge in [0.2, 0.25) is 0 Å². The normalized spacial score (nSPS) is 19.4. The van der Waals surface area contributed by atoms with Gasteiger partial charge in [0.25, 0.3) is 0 Å². The molecule has 3 aromatic rings. The van der Waals surface area contributed by atoms with E-state index in [0.717, 1.165) is 30.1 Å². The lowest BCUT2D eigenvalue weighted by atomic mass is 9.76. The molecule has 1 saturated heterocycles. The Balaban J connectivity index is 1.12. The van der Waals surface area contributed by atoms with Crippen molar-refractivity contribution in [3.8, 4) is 17.2 Å². The Morgan fingerprint density at radius 2 is 1.51 bits per heavy atom. The molecule has 0 aliphatic carbocycles. The molecule has 0 radical (unpaired) electrons. The first kappa shape index (κ1) is 25.7. The van der Waals surface area contributed by atoms with Gasteiger partial charge in [0.1, 0.15) is 17.2 Å². The van der Waals surface area contributed by atoms with E-state index in [1.165, 1.54) is 75.7 Å². The van der Waals surface area contributed by atoms with Crippen LogP contribution >= 0.6 is 0 Å². The summed E-state index contributed by atoms with van der Waals surface area (Å²) in [5.41, 5.74) is 3.62. The number of nitrogens with zero attached hydrogens (tertiary/aromatic N) is 1. The van der Waals surface area contributed by atoms with Crippen molar-refractivity contribution >= 4 is 0 Å². The van der Waals surface area contributed by atoms with E-state index in [-0.39, 0.29) is 17.6 Å². The molecule has 0 aromatic heterocycles. The molecule has 5 rings (SSSR count). The van der Waals surface area contributed by atoms with Gasteiger partial charge in [0, 0.05) is 23.5 Å². The number of phenolic OH excluding ortho intramolecular Hbond substituents is 1. The summed E-state index contributed by atoms with van der Waals surface area (Å²) in [6.45, 7) is 5.30. The molecule has 4 heteroatoms. The summed E-state index contributed by atoms with van der Waals surface area (Å²) in [6.07, 6.45) is 10.5. The first-order valence-corrected chi connectivity index (χ1v) is 14.2. The average Bonchev–Trinajstić information content (AvgIpc) is 3.46. The molecule has 2 unspecified atom stereocenters. The van der Waals surface area contributed by atoms with Crippen molar-refractivity contribution in [3.05, 3.63) is 89.5 Å². The molecular formula is C33H41NO3. The highest BCUT2D eigenvalue weighted by atomic mass is 16.5. The fourth-order valence-electron chi connectivity index (χ4n) is 5.91. The minimum atomic E-state index is 0.159. The van der Waals surface area contributed by atoms with Gasteiger partial charge in [-0.05, 0) is 74.6 Å². The van der Waals surface area contributed by atoms with Gasteiger partial charge in [-0.3, -0.25) is 0 Å². The Kier molecular flexibility index (Phi) is 9.02. The summed E-state index contributed by atoms with van der Waals surface area (Å²) >= 11 is 0. The average molecular weight is 500 g/mol. The highest BCUT2D eigenvalue weighted by Gasteiger charge is 2.33. The molecular weight excluding hydrogens is 458 g/mol. The number of fused-ring (bicyclic) bond motifs is 1. The van der Waals surface area contributed by atoms with E-state index in [4.69, 9.17) is 9.47 Å². The molecule has 2 atom stereocenters. The Morgan fingerprint density at radius 3 is 2.30 bits per heavy atom. The van der Waals surface area contributed by atoms with E-state index in [0.29, 0.717) is 6.61 Å². The van der Waals surface area contributed by atoms with Crippen LogP contribution in [0.4, 0.5) is 0 Å². The van der Waals surface area contributed by atoms with Crippen molar-refractivity contribution in [2.75, 3.05) is 32.8 Å². The number of benzene rings is 3. The maximum atomic E-state index is 9.98. The van der Waals surface area contributed by atoms with Crippen molar-refractivity contribution in [2.45, 2.75) is 63.2 Å². The van der Waals surface area contributed by atoms with Crippen LogP contribution in [-0.4, -0.2) is 42.9 Å². The number of phenols is 1. The largest absolute Gasteiger partial charge is 0.508 e. The van der Waals surface area contributed by atoms with Crippen LogP contribution in [0.1, 0.15) is 79.9 Å². The van der Waals surface area contributed by atoms with E-state index in [9.17, 15) is 5.11 Å². The number of ether oxygens (including phenoxy) is 2. The van der Waals surface area contributed by atoms with Crippen LogP contribution in [0.15, 0.2) is 72.8 Å². The topological polar surface area (TPSA) is 41.9 Å². The third-order valence-corrected chi connectivity index (χ3v) is 7.96. The van der Waals surface area contributed by atoms with Crippen LogP contribution < -0.4 is 9.47 Å². The third kappa shape index (κ3) is 6.87.